The molecule has 1 aromatic heterocycles. The number of fused-ring (bicyclic) bond motifs is 1. The Labute approximate surface area is 111 Å². The molecule has 2 heterocycles. The Balaban J connectivity index is 2.08. The molecule has 1 aliphatic rings. The Morgan fingerprint density at radius 1 is 1.15 bits per heavy atom. The van der Waals surface area contributed by atoms with Crippen LogP contribution in [0.3, 0.4) is 0 Å². The molecule has 102 valence electrons. The first-order valence-electron chi connectivity index (χ1n) is 5.53. The summed E-state index contributed by atoms with van der Waals surface area (Å²) in [5, 5.41) is 17.9. The van der Waals surface area contributed by atoms with Crippen LogP contribution in [-0.4, -0.2) is 38.9 Å². The highest BCUT2D eigenvalue weighted by Crippen LogP contribution is 2.35. The monoisotopic (exact) mass is 276 g/mol. The molecule has 0 aliphatic carbocycles. The first-order chi connectivity index (χ1) is 9.56. The van der Waals surface area contributed by atoms with Crippen LogP contribution in [0.4, 0.5) is 0 Å². The smallest absolute Gasteiger partial charge is 0.357 e. The number of ether oxygens (including phenoxy) is 2. The Morgan fingerprint density at radius 3 is 2.55 bits per heavy atom. The van der Waals surface area contributed by atoms with Crippen molar-refractivity contribution in [1.29, 1.82) is 0 Å². The third-order valence-electron chi connectivity index (χ3n) is 2.77. The minimum Gasteiger partial charge on any atom is -0.477 e. The number of hydrogen-bond donors (Lipinski definition) is 3. The van der Waals surface area contributed by atoms with Gasteiger partial charge in [-0.15, -0.1) is 0 Å². The minimum absolute atomic E-state index is 0.109. The number of aromatic amines is 1. The molecule has 8 nitrogen and oxygen atoms in total. The molecule has 0 bridgehead atoms. The zero-order valence-corrected chi connectivity index (χ0v) is 9.91. The van der Waals surface area contributed by atoms with E-state index in [9.17, 15) is 9.59 Å². The molecule has 0 radical (unpaired) electrons. The number of carboxylic acid groups (broad SMARTS) is 2. The molecule has 1 aromatic carbocycles. The molecule has 0 saturated carbocycles. The van der Waals surface area contributed by atoms with Gasteiger partial charge in [-0.25, -0.2) is 14.6 Å². The Morgan fingerprint density at radius 2 is 1.90 bits per heavy atom. The maximum absolute atomic E-state index is 11.0. The van der Waals surface area contributed by atoms with Crippen LogP contribution in [0, 0.1) is 0 Å². The SMILES string of the molecule is O=C(O)c1nc(-c2ccc3c(c2)OCO3)[nH]c1C(=O)O. The summed E-state index contributed by atoms with van der Waals surface area (Å²) < 4.78 is 10.3. The van der Waals surface area contributed by atoms with Crippen LogP contribution < -0.4 is 9.47 Å². The van der Waals surface area contributed by atoms with Gasteiger partial charge in [0.25, 0.3) is 0 Å². The molecule has 0 saturated heterocycles. The number of benzene rings is 1. The van der Waals surface area contributed by atoms with E-state index in [0.29, 0.717) is 17.1 Å². The third kappa shape index (κ3) is 1.83. The van der Waals surface area contributed by atoms with Crippen molar-refractivity contribution in [3.8, 4) is 22.9 Å². The lowest BCUT2D eigenvalue weighted by Gasteiger charge is -1.99. The van der Waals surface area contributed by atoms with Crippen molar-refractivity contribution in [1.82, 2.24) is 9.97 Å². The lowest BCUT2D eigenvalue weighted by Crippen LogP contribution is -2.07. The van der Waals surface area contributed by atoms with Crippen LogP contribution >= 0.6 is 0 Å². The largest absolute Gasteiger partial charge is 0.477 e. The molecular formula is C12H8N2O6. The summed E-state index contributed by atoms with van der Waals surface area (Å²) in [6, 6.07) is 4.86. The quantitative estimate of drug-likeness (QED) is 0.769. The summed E-state index contributed by atoms with van der Waals surface area (Å²) >= 11 is 0. The van der Waals surface area contributed by atoms with E-state index in [1.807, 2.05) is 0 Å². The summed E-state index contributed by atoms with van der Waals surface area (Å²) in [6.45, 7) is 0.109. The van der Waals surface area contributed by atoms with Crippen molar-refractivity contribution >= 4 is 11.9 Å². The molecular weight excluding hydrogens is 268 g/mol. The number of nitrogens with zero attached hydrogens (tertiary/aromatic N) is 1. The average Bonchev–Trinajstić information content (AvgIpc) is 3.04. The highest BCUT2D eigenvalue weighted by atomic mass is 16.7. The maximum Gasteiger partial charge on any atom is 0.357 e. The zero-order valence-electron chi connectivity index (χ0n) is 9.91. The van der Waals surface area contributed by atoms with E-state index in [0.717, 1.165) is 0 Å². The van der Waals surface area contributed by atoms with Gasteiger partial charge in [-0.3, -0.25) is 0 Å². The summed E-state index contributed by atoms with van der Waals surface area (Å²) in [5.74, 6) is -1.60. The number of imidazole rings is 1. The number of aromatic nitrogens is 2. The number of hydrogen-bond acceptors (Lipinski definition) is 5. The molecule has 2 aromatic rings. The van der Waals surface area contributed by atoms with Crippen molar-refractivity contribution < 1.29 is 29.3 Å². The van der Waals surface area contributed by atoms with Gasteiger partial charge in [-0.1, -0.05) is 0 Å². The Kier molecular flexibility index (Phi) is 2.56. The van der Waals surface area contributed by atoms with Crippen LogP contribution in [0.5, 0.6) is 11.5 Å². The van der Waals surface area contributed by atoms with Crippen LogP contribution in [0.25, 0.3) is 11.4 Å². The van der Waals surface area contributed by atoms with Gasteiger partial charge >= 0.3 is 11.9 Å². The van der Waals surface area contributed by atoms with E-state index in [2.05, 4.69) is 9.97 Å². The van der Waals surface area contributed by atoms with Crippen LogP contribution in [0.2, 0.25) is 0 Å². The van der Waals surface area contributed by atoms with Gasteiger partial charge in [-0.2, -0.15) is 0 Å². The fourth-order valence-electron chi connectivity index (χ4n) is 1.86. The Hall–Kier alpha value is -3.03. The van der Waals surface area contributed by atoms with E-state index >= 15 is 0 Å². The topological polar surface area (TPSA) is 122 Å². The highest BCUT2D eigenvalue weighted by molar-refractivity contribution is 5.99. The standard InChI is InChI=1S/C12H8N2O6/c15-11(16)8-9(12(17)18)14-10(13-8)5-1-2-6-7(3-5)20-4-19-6/h1-3H,4H2,(H,13,14)(H,15,16)(H,17,18). The van der Waals surface area contributed by atoms with E-state index in [1.54, 1.807) is 18.2 Å². The summed E-state index contributed by atoms with van der Waals surface area (Å²) in [5.41, 5.74) is -0.500. The number of carbonyl (C=O) groups is 2. The molecule has 8 heteroatoms. The lowest BCUT2D eigenvalue weighted by atomic mass is 10.2. The molecule has 0 unspecified atom stereocenters. The summed E-state index contributed by atoms with van der Waals surface area (Å²) in [7, 11) is 0. The third-order valence-corrected chi connectivity index (χ3v) is 2.77. The summed E-state index contributed by atoms with van der Waals surface area (Å²) in [4.78, 5) is 28.2. The fourth-order valence-corrected chi connectivity index (χ4v) is 1.86. The first kappa shape index (κ1) is 12.0. The van der Waals surface area contributed by atoms with Gasteiger partial charge in [0.1, 0.15) is 5.82 Å². The normalized spacial score (nSPS) is 12.4. The van der Waals surface area contributed by atoms with E-state index in [-0.39, 0.29) is 12.6 Å². The molecule has 0 atom stereocenters. The fraction of sp³-hybridized carbons (Fsp3) is 0.0833. The molecule has 20 heavy (non-hydrogen) atoms. The summed E-state index contributed by atoms with van der Waals surface area (Å²) in [6.07, 6.45) is 0. The molecule has 3 rings (SSSR count). The van der Waals surface area contributed by atoms with E-state index < -0.39 is 23.3 Å². The van der Waals surface area contributed by atoms with Crippen molar-refractivity contribution in [2.24, 2.45) is 0 Å². The second-order valence-corrected chi connectivity index (χ2v) is 3.99. The van der Waals surface area contributed by atoms with Gasteiger partial charge in [0, 0.05) is 5.56 Å². The van der Waals surface area contributed by atoms with Crippen molar-refractivity contribution in [3.05, 3.63) is 29.6 Å². The van der Waals surface area contributed by atoms with Crippen LogP contribution in [0.15, 0.2) is 18.2 Å². The van der Waals surface area contributed by atoms with E-state index in [1.165, 1.54) is 0 Å². The highest BCUT2D eigenvalue weighted by Gasteiger charge is 2.23. The van der Waals surface area contributed by atoms with Crippen molar-refractivity contribution in [2.75, 3.05) is 6.79 Å². The number of aromatic carboxylic acids is 2. The number of rotatable bonds is 3. The second kappa shape index (κ2) is 4.26. The van der Waals surface area contributed by atoms with Gasteiger partial charge in [0.2, 0.25) is 6.79 Å². The Bertz CT molecular complexity index is 689. The predicted molar refractivity (Wildman–Crippen MR) is 64.1 cm³/mol. The zero-order chi connectivity index (χ0) is 14.3. The average molecular weight is 276 g/mol. The maximum atomic E-state index is 11.0. The predicted octanol–water partition coefficient (Wildman–Crippen LogP) is 1.20. The molecule has 0 fully saturated rings. The number of H-pyrrole nitrogens is 1. The van der Waals surface area contributed by atoms with Crippen molar-refractivity contribution in [2.45, 2.75) is 0 Å². The molecule has 3 N–H and O–H groups in total. The number of carboxylic acids is 2. The van der Waals surface area contributed by atoms with Gasteiger partial charge in [0.15, 0.2) is 22.9 Å². The van der Waals surface area contributed by atoms with Gasteiger partial charge < -0.3 is 24.7 Å². The van der Waals surface area contributed by atoms with Crippen molar-refractivity contribution in [3.63, 3.8) is 0 Å². The lowest BCUT2D eigenvalue weighted by molar-refractivity contribution is 0.0644. The molecule has 0 spiro atoms. The number of nitrogens with one attached hydrogen (secondary N) is 1. The van der Waals surface area contributed by atoms with Gasteiger partial charge in [0.05, 0.1) is 0 Å². The molecule has 0 amide bonds. The molecule has 1 aliphatic heterocycles. The minimum atomic E-state index is -1.41. The first-order valence-corrected chi connectivity index (χ1v) is 5.53. The van der Waals surface area contributed by atoms with Crippen LogP contribution in [-0.2, 0) is 0 Å². The second-order valence-electron chi connectivity index (χ2n) is 3.99. The van der Waals surface area contributed by atoms with Gasteiger partial charge in [-0.05, 0) is 18.2 Å². The van der Waals surface area contributed by atoms with E-state index in [4.69, 9.17) is 19.7 Å². The van der Waals surface area contributed by atoms with Crippen LogP contribution in [0.1, 0.15) is 21.0 Å².